The van der Waals surface area contributed by atoms with E-state index in [1.807, 2.05) is 12.3 Å². The summed E-state index contributed by atoms with van der Waals surface area (Å²) in [5.74, 6) is 4.47. The zero-order valence-electron chi connectivity index (χ0n) is 21.8. The number of methoxy groups -OCH3 is 3. The lowest BCUT2D eigenvalue weighted by atomic mass is 10.1. The largest absolute Gasteiger partial charge is 0.496 e. The van der Waals surface area contributed by atoms with Crippen molar-refractivity contribution in [3.05, 3.63) is 35.7 Å². The van der Waals surface area contributed by atoms with Crippen LogP contribution in [0.3, 0.4) is 0 Å². The van der Waals surface area contributed by atoms with Crippen molar-refractivity contribution in [1.29, 1.82) is 0 Å². The van der Waals surface area contributed by atoms with Crippen LogP contribution in [0, 0.1) is 12.0 Å². The molecule has 0 spiro atoms. The summed E-state index contributed by atoms with van der Waals surface area (Å²) >= 11 is 1.51. The van der Waals surface area contributed by atoms with Crippen molar-refractivity contribution >= 4 is 44.0 Å². The highest BCUT2D eigenvalue weighted by Gasteiger charge is 2.28. The molecule has 1 fully saturated rings. The number of nitrogens with one attached hydrogen (secondary N) is 1. The Morgan fingerprint density at radius 2 is 1.72 bits per heavy atom. The van der Waals surface area contributed by atoms with E-state index in [2.05, 4.69) is 31.6 Å². The van der Waals surface area contributed by atoms with Crippen molar-refractivity contribution in [1.82, 2.24) is 15.0 Å². The van der Waals surface area contributed by atoms with E-state index >= 15 is 0 Å². The van der Waals surface area contributed by atoms with Crippen LogP contribution in [0.5, 0.6) is 17.2 Å². The Balaban J connectivity index is 1.45. The molecule has 0 atom stereocenters. The minimum absolute atomic E-state index is 0.0192. The standard InChI is InChI=1S/C26H27N5O6S2/c1-5-9-30-10-12-31(13-11-30)22-16-38-26(27-22)17-14-20(36-4)23-21(15-17)37-28-25(23)29-39(32,33)24-18(34-2)7-6-8-19(24)35-3/h6-8,14-16H,10-13H2,1-4H3,(H,28,29). The molecule has 2 aromatic heterocycles. The molecule has 1 aliphatic rings. The number of nitrogens with zero attached hydrogens (tertiary/aromatic N) is 4. The zero-order valence-corrected chi connectivity index (χ0v) is 23.5. The Kier molecular flexibility index (Phi) is 7.40. The Bertz CT molecular complexity index is 1640. The maximum Gasteiger partial charge on any atom is 0.270 e. The summed E-state index contributed by atoms with van der Waals surface area (Å²) in [6.45, 7) is 5.22. The van der Waals surface area contributed by atoms with E-state index < -0.39 is 10.0 Å². The fourth-order valence-electron chi connectivity index (χ4n) is 4.40. The number of thiazole rings is 1. The van der Waals surface area contributed by atoms with Gasteiger partial charge >= 0.3 is 0 Å². The molecule has 0 bridgehead atoms. The van der Waals surface area contributed by atoms with Gasteiger partial charge in [0.05, 0.1) is 21.3 Å². The number of sulfonamides is 1. The molecule has 3 heterocycles. The van der Waals surface area contributed by atoms with E-state index in [-0.39, 0.29) is 22.2 Å². The third-order valence-electron chi connectivity index (χ3n) is 6.25. The van der Waals surface area contributed by atoms with Gasteiger partial charge in [0.25, 0.3) is 10.0 Å². The third kappa shape index (κ3) is 5.13. The molecule has 5 rings (SSSR count). The molecule has 1 aliphatic heterocycles. The summed E-state index contributed by atoms with van der Waals surface area (Å²) in [6.07, 6.45) is 0. The quantitative estimate of drug-likeness (QED) is 0.313. The molecular weight excluding hydrogens is 542 g/mol. The first kappa shape index (κ1) is 26.5. The molecule has 0 unspecified atom stereocenters. The molecule has 11 nitrogen and oxygen atoms in total. The normalized spacial score (nSPS) is 13.6. The number of anilines is 2. The number of ether oxygens (including phenoxy) is 3. The summed E-state index contributed by atoms with van der Waals surface area (Å²) in [5, 5.41) is 7.17. The second kappa shape index (κ2) is 10.9. The Morgan fingerprint density at radius 1 is 1.03 bits per heavy atom. The summed E-state index contributed by atoms with van der Waals surface area (Å²) in [5.41, 5.74) is 1.11. The average Bonchev–Trinajstić information content (AvgIpc) is 3.60. The summed E-state index contributed by atoms with van der Waals surface area (Å²) < 4.78 is 51.0. The molecule has 0 radical (unpaired) electrons. The highest BCUT2D eigenvalue weighted by Crippen LogP contribution is 2.40. The van der Waals surface area contributed by atoms with Gasteiger partial charge in [-0.25, -0.2) is 13.4 Å². The first-order valence-electron chi connectivity index (χ1n) is 12.0. The SMILES string of the molecule is CC#CN1CCN(c2csc(-c3cc(OC)c4c(NS(=O)(=O)c5c(OC)cccc5OC)noc4c3)n2)CC1. The van der Waals surface area contributed by atoms with E-state index in [0.29, 0.717) is 16.7 Å². The maximum atomic E-state index is 13.4. The van der Waals surface area contributed by atoms with Gasteiger partial charge in [0.1, 0.15) is 33.5 Å². The lowest BCUT2D eigenvalue weighted by Gasteiger charge is -2.32. The van der Waals surface area contributed by atoms with Crippen LogP contribution in [0.1, 0.15) is 6.92 Å². The van der Waals surface area contributed by atoms with Crippen LogP contribution in [0.15, 0.2) is 45.1 Å². The molecule has 2 aromatic carbocycles. The van der Waals surface area contributed by atoms with Crippen molar-refractivity contribution in [2.24, 2.45) is 0 Å². The van der Waals surface area contributed by atoms with Crippen molar-refractivity contribution < 1.29 is 27.2 Å². The van der Waals surface area contributed by atoms with Crippen molar-refractivity contribution in [3.63, 3.8) is 0 Å². The molecule has 0 amide bonds. The molecule has 1 saturated heterocycles. The van der Waals surface area contributed by atoms with Gasteiger partial charge in [-0.15, -0.1) is 11.3 Å². The van der Waals surface area contributed by atoms with Crippen LogP contribution in [-0.2, 0) is 10.0 Å². The molecule has 0 saturated carbocycles. The summed E-state index contributed by atoms with van der Waals surface area (Å²) in [6, 6.07) is 11.4. The summed E-state index contributed by atoms with van der Waals surface area (Å²) in [4.78, 5) is 9.03. The second-order valence-corrected chi connectivity index (χ2v) is 11.0. The van der Waals surface area contributed by atoms with Gasteiger partial charge in [0, 0.05) is 43.2 Å². The molecule has 4 aromatic rings. The van der Waals surface area contributed by atoms with E-state index in [1.165, 1.54) is 44.8 Å². The highest BCUT2D eigenvalue weighted by molar-refractivity contribution is 7.93. The molecule has 1 N–H and O–H groups in total. The van der Waals surface area contributed by atoms with Crippen LogP contribution in [-0.4, -0.2) is 71.0 Å². The number of rotatable bonds is 8. The fourth-order valence-corrected chi connectivity index (χ4v) is 6.55. The van der Waals surface area contributed by atoms with E-state index in [1.54, 1.807) is 18.2 Å². The minimum atomic E-state index is -4.17. The molecule has 0 aliphatic carbocycles. The minimum Gasteiger partial charge on any atom is -0.496 e. The topological polar surface area (TPSA) is 119 Å². The molecule has 39 heavy (non-hydrogen) atoms. The number of benzene rings is 2. The van der Waals surface area contributed by atoms with E-state index in [9.17, 15) is 8.42 Å². The van der Waals surface area contributed by atoms with Gasteiger partial charge in [0.15, 0.2) is 16.3 Å². The predicted molar refractivity (Wildman–Crippen MR) is 149 cm³/mol. The van der Waals surface area contributed by atoms with Gasteiger partial charge in [-0.1, -0.05) is 17.1 Å². The van der Waals surface area contributed by atoms with Crippen molar-refractivity contribution in [3.8, 4) is 39.8 Å². The molecule has 13 heteroatoms. The Hall–Kier alpha value is -4.15. The Labute approximate surface area is 230 Å². The summed E-state index contributed by atoms with van der Waals surface area (Å²) in [7, 11) is 0.0968. The second-order valence-electron chi connectivity index (χ2n) is 8.53. The van der Waals surface area contributed by atoms with Gasteiger partial charge in [0.2, 0.25) is 0 Å². The van der Waals surface area contributed by atoms with Gasteiger partial charge in [-0.3, -0.25) is 4.72 Å². The van der Waals surface area contributed by atoms with Crippen LogP contribution in [0.25, 0.3) is 21.5 Å². The number of hydrogen-bond acceptors (Lipinski definition) is 11. The molecule has 204 valence electrons. The first-order chi connectivity index (χ1) is 18.9. The lowest BCUT2D eigenvalue weighted by Crippen LogP contribution is -2.44. The van der Waals surface area contributed by atoms with Gasteiger partial charge in [-0.2, -0.15) is 0 Å². The smallest absolute Gasteiger partial charge is 0.270 e. The third-order valence-corrected chi connectivity index (χ3v) is 8.53. The average molecular weight is 570 g/mol. The van der Waals surface area contributed by atoms with E-state index in [4.69, 9.17) is 23.7 Å². The van der Waals surface area contributed by atoms with Gasteiger partial charge in [-0.05, 0) is 31.2 Å². The Morgan fingerprint density at radius 3 is 2.36 bits per heavy atom. The number of fused-ring (bicyclic) bond motifs is 1. The van der Waals surface area contributed by atoms with Crippen LogP contribution < -0.4 is 23.8 Å². The molecular formula is C26H27N5O6S2. The van der Waals surface area contributed by atoms with Crippen molar-refractivity contribution in [2.75, 3.05) is 57.1 Å². The predicted octanol–water partition coefficient (Wildman–Crippen LogP) is 3.88. The van der Waals surface area contributed by atoms with Crippen molar-refractivity contribution in [2.45, 2.75) is 11.8 Å². The van der Waals surface area contributed by atoms with E-state index in [0.717, 1.165) is 42.6 Å². The van der Waals surface area contributed by atoms with Gasteiger partial charge < -0.3 is 28.5 Å². The number of piperazine rings is 1. The first-order valence-corrected chi connectivity index (χ1v) is 14.3. The van der Waals surface area contributed by atoms with Crippen LogP contribution in [0.2, 0.25) is 0 Å². The fraction of sp³-hybridized carbons (Fsp3) is 0.308. The monoisotopic (exact) mass is 569 g/mol. The maximum absolute atomic E-state index is 13.4. The lowest BCUT2D eigenvalue weighted by molar-refractivity contribution is 0.367. The van der Waals surface area contributed by atoms with Crippen LogP contribution >= 0.6 is 11.3 Å². The number of hydrogen-bond donors (Lipinski definition) is 1. The van der Waals surface area contributed by atoms with Crippen LogP contribution in [0.4, 0.5) is 11.6 Å². The zero-order chi connectivity index (χ0) is 27.6. The number of aromatic nitrogens is 2. The highest BCUT2D eigenvalue weighted by atomic mass is 32.2.